The van der Waals surface area contributed by atoms with Crippen molar-refractivity contribution in [2.24, 2.45) is 0 Å². The molecule has 0 bridgehead atoms. The Labute approximate surface area is 155 Å². The van der Waals surface area contributed by atoms with Gasteiger partial charge in [-0.3, -0.25) is 4.72 Å². The molecule has 0 radical (unpaired) electrons. The topological polar surface area (TPSA) is 46.2 Å². The van der Waals surface area contributed by atoms with Gasteiger partial charge in [0.05, 0.1) is 15.8 Å². The van der Waals surface area contributed by atoms with Crippen LogP contribution in [0.2, 0.25) is 0 Å². The summed E-state index contributed by atoms with van der Waals surface area (Å²) < 4.78 is 53.8. The molecule has 0 saturated heterocycles. The highest BCUT2D eigenvalue weighted by molar-refractivity contribution is 7.93. The largest absolute Gasteiger partial charge is 0.282 e. The van der Waals surface area contributed by atoms with Crippen LogP contribution in [0.1, 0.15) is 13.8 Å². The first-order valence-corrected chi connectivity index (χ1v) is 10.4. The predicted octanol–water partition coefficient (Wildman–Crippen LogP) is 5.51. The predicted molar refractivity (Wildman–Crippen MR) is 103 cm³/mol. The van der Waals surface area contributed by atoms with Crippen molar-refractivity contribution in [3.8, 4) is 21.6 Å². The summed E-state index contributed by atoms with van der Waals surface area (Å²) in [4.78, 5) is 0.778. The van der Waals surface area contributed by atoms with Gasteiger partial charge >= 0.3 is 0 Å². The Morgan fingerprint density at radius 1 is 0.962 bits per heavy atom. The van der Waals surface area contributed by atoms with Gasteiger partial charge in [0.2, 0.25) is 10.0 Å². The quantitative estimate of drug-likeness (QED) is 0.621. The lowest BCUT2D eigenvalue weighted by Gasteiger charge is -2.12. The van der Waals surface area contributed by atoms with Crippen molar-refractivity contribution in [1.82, 2.24) is 0 Å². The van der Waals surface area contributed by atoms with Crippen molar-refractivity contribution in [3.05, 3.63) is 65.5 Å². The summed E-state index contributed by atoms with van der Waals surface area (Å²) in [7, 11) is -3.44. The van der Waals surface area contributed by atoms with E-state index in [1.165, 1.54) is 23.5 Å². The number of benzene rings is 2. The van der Waals surface area contributed by atoms with Crippen LogP contribution in [0, 0.1) is 11.6 Å². The van der Waals surface area contributed by atoms with Crippen molar-refractivity contribution in [1.29, 1.82) is 0 Å². The normalized spacial score (nSPS) is 11.7. The van der Waals surface area contributed by atoms with E-state index >= 15 is 0 Å². The van der Waals surface area contributed by atoms with Gasteiger partial charge < -0.3 is 0 Å². The minimum absolute atomic E-state index is 0.310. The molecule has 0 aliphatic rings. The van der Waals surface area contributed by atoms with Crippen LogP contribution in [-0.2, 0) is 10.0 Å². The smallest absolute Gasteiger partial charge is 0.235 e. The summed E-state index contributed by atoms with van der Waals surface area (Å²) in [6.07, 6.45) is 0. The molecule has 3 nitrogen and oxygen atoms in total. The maximum Gasteiger partial charge on any atom is 0.235 e. The summed E-state index contributed by atoms with van der Waals surface area (Å²) in [6.45, 7) is 3.22. The minimum atomic E-state index is -3.44. The molecule has 1 N–H and O–H groups in total. The van der Waals surface area contributed by atoms with Crippen LogP contribution in [0.5, 0.6) is 0 Å². The maximum atomic E-state index is 13.9. The Bertz CT molecular complexity index is 1030. The zero-order valence-electron chi connectivity index (χ0n) is 14.2. The molecule has 1 aromatic heterocycles. The second-order valence-corrected chi connectivity index (χ2v) is 9.21. The van der Waals surface area contributed by atoms with Crippen molar-refractivity contribution in [2.45, 2.75) is 19.1 Å². The molecule has 2 aromatic carbocycles. The highest BCUT2D eigenvalue weighted by Crippen LogP contribution is 2.36. The van der Waals surface area contributed by atoms with Crippen LogP contribution in [0.25, 0.3) is 21.6 Å². The molecule has 0 atom stereocenters. The standard InChI is InChI=1S/C19H17F2NO2S2/c1-12(2)26(23,24)22-18-9-10-25-19(18)14-5-3-13(4-6-14)16-8-7-15(20)11-17(16)21/h3-12,22H,1-2H3. The average Bonchev–Trinajstić information content (AvgIpc) is 3.02. The number of sulfonamides is 1. The van der Waals surface area contributed by atoms with E-state index in [1.807, 2.05) is 0 Å². The molecule has 0 aliphatic carbocycles. The molecule has 0 spiro atoms. The average molecular weight is 393 g/mol. The van der Waals surface area contributed by atoms with E-state index in [4.69, 9.17) is 0 Å². The fraction of sp³-hybridized carbons (Fsp3) is 0.158. The number of halogens is 2. The van der Waals surface area contributed by atoms with Crippen molar-refractivity contribution in [2.75, 3.05) is 4.72 Å². The third kappa shape index (κ3) is 3.78. The third-order valence-electron chi connectivity index (χ3n) is 3.93. The Balaban J connectivity index is 1.92. The van der Waals surface area contributed by atoms with Crippen LogP contribution in [0.4, 0.5) is 14.5 Å². The highest BCUT2D eigenvalue weighted by Gasteiger charge is 2.18. The minimum Gasteiger partial charge on any atom is -0.282 e. The van der Waals surface area contributed by atoms with Gasteiger partial charge in [0.1, 0.15) is 11.6 Å². The first kappa shape index (κ1) is 18.5. The Morgan fingerprint density at radius 2 is 1.62 bits per heavy atom. The SMILES string of the molecule is CC(C)S(=O)(=O)Nc1ccsc1-c1ccc(-c2ccc(F)cc2F)cc1. The van der Waals surface area contributed by atoms with E-state index in [9.17, 15) is 17.2 Å². The highest BCUT2D eigenvalue weighted by atomic mass is 32.2. The van der Waals surface area contributed by atoms with Crippen molar-refractivity contribution >= 4 is 27.0 Å². The lowest BCUT2D eigenvalue weighted by molar-refractivity contribution is 0.585. The second kappa shape index (κ2) is 7.17. The number of rotatable bonds is 5. The van der Waals surface area contributed by atoms with E-state index < -0.39 is 26.9 Å². The van der Waals surface area contributed by atoms with Crippen LogP contribution in [0.15, 0.2) is 53.9 Å². The number of hydrogen-bond acceptors (Lipinski definition) is 3. The first-order valence-electron chi connectivity index (χ1n) is 7.93. The van der Waals surface area contributed by atoms with Crippen LogP contribution in [-0.4, -0.2) is 13.7 Å². The summed E-state index contributed by atoms with van der Waals surface area (Å²) in [5.41, 5.74) is 2.26. The summed E-state index contributed by atoms with van der Waals surface area (Å²) >= 11 is 1.41. The molecule has 0 unspecified atom stereocenters. The molecule has 0 fully saturated rings. The Hall–Kier alpha value is -2.25. The number of anilines is 1. The van der Waals surface area contributed by atoms with Gasteiger partial charge in [-0.1, -0.05) is 24.3 Å². The van der Waals surface area contributed by atoms with Gasteiger partial charge in [0.25, 0.3) is 0 Å². The van der Waals surface area contributed by atoms with Crippen LogP contribution >= 0.6 is 11.3 Å². The third-order valence-corrected chi connectivity index (χ3v) is 6.64. The van der Waals surface area contributed by atoms with E-state index in [1.54, 1.807) is 49.6 Å². The summed E-state index contributed by atoms with van der Waals surface area (Å²) in [5.74, 6) is -1.25. The fourth-order valence-corrected chi connectivity index (χ4v) is 4.04. The molecule has 0 aliphatic heterocycles. The lowest BCUT2D eigenvalue weighted by Crippen LogP contribution is -2.22. The Kier molecular flexibility index (Phi) is 5.11. The zero-order chi connectivity index (χ0) is 18.9. The van der Waals surface area contributed by atoms with Gasteiger partial charge in [0.15, 0.2) is 0 Å². The van der Waals surface area contributed by atoms with Crippen LogP contribution < -0.4 is 4.72 Å². The lowest BCUT2D eigenvalue weighted by atomic mass is 10.0. The molecule has 26 heavy (non-hydrogen) atoms. The number of nitrogens with one attached hydrogen (secondary N) is 1. The van der Waals surface area contributed by atoms with E-state index in [-0.39, 0.29) is 0 Å². The molecule has 7 heteroatoms. The molecule has 0 saturated carbocycles. The molecular formula is C19H17F2NO2S2. The molecule has 136 valence electrons. The fourth-order valence-electron chi connectivity index (χ4n) is 2.41. The Morgan fingerprint density at radius 3 is 2.23 bits per heavy atom. The first-order chi connectivity index (χ1) is 12.3. The van der Waals surface area contributed by atoms with E-state index in [0.717, 1.165) is 16.5 Å². The molecule has 3 rings (SSSR count). The van der Waals surface area contributed by atoms with Gasteiger partial charge in [-0.2, -0.15) is 0 Å². The summed E-state index contributed by atoms with van der Waals surface area (Å²) in [6, 6.07) is 12.2. The molecule has 3 aromatic rings. The van der Waals surface area contributed by atoms with Crippen LogP contribution in [0.3, 0.4) is 0 Å². The van der Waals surface area contributed by atoms with Gasteiger partial charge in [-0.25, -0.2) is 17.2 Å². The molecule has 1 heterocycles. The second-order valence-electron chi connectivity index (χ2n) is 6.06. The molecule has 0 amide bonds. The zero-order valence-corrected chi connectivity index (χ0v) is 15.8. The van der Waals surface area contributed by atoms with E-state index in [0.29, 0.717) is 16.8 Å². The van der Waals surface area contributed by atoms with Gasteiger partial charge in [-0.05, 0) is 48.6 Å². The van der Waals surface area contributed by atoms with Crippen molar-refractivity contribution in [3.63, 3.8) is 0 Å². The van der Waals surface area contributed by atoms with Gasteiger partial charge in [-0.15, -0.1) is 11.3 Å². The monoisotopic (exact) mass is 393 g/mol. The van der Waals surface area contributed by atoms with Crippen molar-refractivity contribution < 1.29 is 17.2 Å². The van der Waals surface area contributed by atoms with Gasteiger partial charge in [0, 0.05) is 11.6 Å². The number of thiophene rings is 1. The van der Waals surface area contributed by atoms with E-state index in [2.05, 4.69) is 4.72 Å². The molecular weight excluding hydrogens is 376 g/mol. The summed E-state index contributed by atoms with van der Waals surface area (Å²) in [5, 5.41) is 1.26. The number of hydrogen-bond donors (Lipinski definition) is 1. The maximum absolute atomic E-state index is 13.9.